The second-order valence-electron chi connectivity index (χ2n) is 6.29. The molecule has 2 aromatic carbocycles. The largest absolute Gasteiger partial charge is 0.465 e. The number of nitrogens with one attached hydrogen (secondary N) is 1. The van der Waals surface area contributed by atoms with Crippen LogP contribution in [0.5, 0.6) is 0 Å². The van der Waals surface area contributed by atoms with E-state index >= 15 is 0 Å². The lowest BCUT2D eigenvalue weighted by atomic mass is 10.1. The first-order valence-electron chi connectivity index (χ1n) is 8.77. The lowest BCUT2D eigenvalue weighted by molar-refractivity contribution is 0.0600. The molecule has 28 heavy (non-hydrogen) atoms. The number of urea groups is 1. The number of methoxy groups -OCH3 is 1. The fourth-order valence-electron chi connectivity index (χ4n) is 2.96. The van der Waals surface area contributed by atoms with Gasteiger partial charge in [0.05, 0.1) is 12.7 Å². The molecule has 1 N–H and O–H groups in total. The van der Waals surface area contributed by atoms with Gasteiger partial charge in [0, 0.05) is 37.4 Å². The van der Waals surface area contributed by atoms with Gasteiger partial charge in [-0.15, -0.1) is 0 Å². The Labute approximate surface area is 161 Å². The molecule has 1 fully saturated rings. The van der Waals surface area contributed by atoms with Gasteiger partial charge in [0.25, 0.3) is 5.91 Å². The number of carbonyl (C=O) groups excluding carboxylic acids is 3. The lowest BCUT2D eigenvalue weighted by Gasteiger charge is -2.34. The highest BCUT2D eigenvalue weighted by molar-refractivity contribution is 5.95. The molecule has 1 heterocycles. The third kappa shape index (κ3) is 4.46. The summed E-state index contributed by atoms with van der Waals surface area (Å²) in [5.41, 5.74) is 1.11. The van der Waals surface area contributed by atoms with Gasteiger partial charge in [-0.3, -0.25) is 4.79 Å². The first kappa shape index (κ1) is 19.3. The average molecular weight is 385 g/mol. The lowest BCUT2D eigenvalue weighted by Crippen LogP contribution is -2.51. The van der Waals surface area contributed by atoms with Crippen molar-refractivity contribution in [2.45, 2.75) is 0 Å². The van der Waals surface area contributed by atoms with E-state index in [2.05, 4.69) is 10.1 Å². The first-order valence-corrected chi connectivity index (χ1v) is 8.77. The van der Waals surface area contributed by atoms with E-state index in [9.17, 15) is 18.8 Å². The van der Waals surface area contributed by atoms with Crippen molar-refractivity contribution in [3.05, 3.63) is 65.5 Å². The molecule has 0 radical (unpaired) electrons. The zero-order chi connectivity index (χ0) is 20.1. The van der Waals surface area contributed by atoms with Gasteiger partial charge >= 0.3 is 12.0 Å². The first-order chi connectivity index (χ1) is 13.5. The number of piperazine rings is 1. The molecule has 0 atom stereocenters. The minimum Gasteiger partial charge on any atom is -0.465 e. The number of amides is 3. The van der Waals surface area contributed by atoms with Crippen LogP contribution in [0.3, 0.4) is 0 Å². The number of benzene rings is 2. The van der Waals surface area contributed by atoms with Crippen LogP contribution < -0.4 is 5.32 Å². The van der Waals surface area contributed by atoms with E-state index in [1.165, 1.54) is 31.4 Å². The molecule has 0 unspecified atom stereocenters. The summed E-state index contributed by atoms with van der Waals surface area (Å²) in [5, 5.41) is 2.74. The second kappa shape index (κ2) is 8.51. The number of ether oxygens (including phenoxy) is 1. The molecule has 7 nitrogen and oxygen atoms in total. The molecule has 2 aromatic rings. The Morgan fingerprint density at radius 2 is 1.57 bits per heavy atom. The van der Waals surface area contributed by atoms with E-state index < -0.39 is 11.8 Å². The number of esters is 1. The predicted octanol–water partition coefficient (Wildman–Crippen LogP) is 2.60. The van der Waals surface area contributed by atoms with Gasteiger partial charge in [-0.1, -0.05) is 12.1 Å². The van der Waals surface area contributed by atoms with Crippen molar-refractivity contribution in [1.82, 2.24) is 9.80 Å². The Bertz CT molecular complexity index is 895. The topological polar surface area (TPSA) is 79.0 Å². The SMILES string of the molecule is COC(=O)c1cccc(NC(=O)N2CCN(C(=O)c3cccc(F)c3)CC2)c1. The Morgan fingerprint density at radius 1 is 0.929 bits per heavy atom. The molecule has 0 spiro atoms. The Hall–Kier alpha value is -3.42. The van der Waals surface area contributed by atoms with Crippen molar-refractivity contribution < 1.29 is 23.5 Å². The molecule has 3 rings (SSSR count). The number of hydrogen-bond donors (Lipinski definition) is 1. The van der Waals surface area contributed by atoms with Crippen molar-refractivity contribution in [3.8, 4) is 0 Å². The maximum Gasteiger partial charge on any atom is 0.337 e. The summed E-state index contributed by atoms with van der Waals surface area (Å²) in [7, 11) is 1.29. The van der Waals surface area contributed by atoms with Gasteiger partial charge in [0.15, 0.2) is 0 Å². The quantitative estimate of drug-likeness (QED) is 0.824. The Balaban J connectivity index is 1.57. The minimum atomic E-state index is -0.486. The molecule has 1 saturated heterocycles. The van der Waals surface area contributed by atoms with Crippen LogP contribution in [0.1, 0.15) is 20.7 Å². The van der Waals surface area contributed by atoms with Crippen LogP contribution >= 0.6 is 0 Å². The molecule has 0 aliphatic carbocycles. The summed E-state index contributed by atoms with van der Waals surface area (Å²) in [6.45, 7) is 1.41. The third-order valence-corrected chi connectivity index (χ3v) is 4.46. The van der Waals surface area contributed by atoms with E-state index in [1.807, 2.05) is 0 Å². The molecular formula is C20H20FN3O4. The van der Waals surface area contributed by atoms with Gasteiger partial charge in [0.1, 0.15) is 5.82 Å². The summed E-state index contributed by atoms with van der Waals surface area (Å²) in [6, 6.07) is 11.7. The van der Waals surface area contributed by atoms with Crippen LogP contribution in [0.15, 0.2) is 48.5 Å². The molecule has 0 bridgehead atoms. The highest BCUT2D eigenvalue weighted by Gasteiger charge is 2.25. The van der Waals surface area contributed by atoms with Gasteiger partial charge < -0.3 is 19.9 Å². The number of rotatable bonds is 3. The van der Waals surface area contributed by atoms with Crippen molar-refractivity contribution in [3.63, 3.8) is 0 Å². The summed E-state index contributed by atoms with van der Waals surface area (Å²) < 4.78 is 18.0. The number of carbonyl (C=O) groups is 3. The van der Waals surface area contributed by atoms with E-state index in [-0.39, 0.29) is 17.5 Å². The third-order valence-electron chi connectivity index (χ3n) is 4.46. The molecule has 3 amide bonds. The Morgan fingerprint density at radius 3 is 2.25 bits per heavy atom. The van der Waals surface area contributed by atoms with E-state index in [0.717, 1.165) is 0 Å². The average Bonchev–Trinajstić information content (AvgIpc) is 2.73. The molecule has 0 aromatic heterocycles. The maximum absolute atomic E-state index is 13.3. The Kier molecular flexibility index (Phi) is 5.88. The molecule has 1 aliphatic rings. The fraction of sp³-hybridized carbons (Fsp3) is 0.250. The number of hydrogen-bond acceptors (Lipinski definition) is 4. The number of halogens is 1. The normalized spacial score (nSPS) is 13.8. The van der Waals surface area contributed by atoms with Gasteiger partial charge in [-0.2, -0.15) is 0 Å². The van der Waals surface area contributed by atoms with Crippen LogP contribution in [0, 0.1) is 5.82 Å². The van der Waals surface area contributed by atoms with Crippen LogP contribution in [-0.4, -0.2) is 61.0 Å². The standard InChI is InChI=1S/C20H20FN3O4/c1-28-19(26)15-5-3-7-17(13-15)22-20(27)24-10-8-23(9-11-24)18(25)14-4-2-6-16(21)12-14/h2-7,12-13H,8-11H2,1H3,(H,22,27). The van der Waals surface area contributed by atoms with Crippen LogP contribution in [0.4, 0.5) is 14.9 Å². The predicted molar refractivity (Wildman–Crippen MR) is 101 cm³/mol. The van der Waals surface area contributed by atoms with E-state index in [0.29, 0.717) is 37.4 Å². The van der Waals surface area contributed by atoms with Gasteiger partial charge in [0.2, 0.25) is 0 Å². The number of nitrogens with zero attached hydrogens (tertiary/aromatic N) is 2. The van der Waals surface area contributed by atoms with Gasteiger partial charge in [-0.05, 0) is 36.4 Å². The molecule has 146 valence electrons. The maximum atomic E-state index is 13.3. The van der Waals surface area contributed by atoms with Crippen molar-refractivity contribution in [2.24, 2.45) is 0 Å². The van der Waals surface area contributed by atoms with Crippen molar-refractivity contribution in [1.29, 1.82) is 0 Å². The summed E-state index contributed by atoms with van der Waals surface area (Å²) >= 11 is 0. The summed E-state index contributed by atoms with van der Waals surface area (Å²) in [4.78, 5) is 39.7. The van der Waals surface area contributed by atoms with E-state index in [1.54, 1.807) is 34.1 Å². The number of anilines is 1. The smallest absolute Gasteiger partial charge is 0.337 e. The van der Waals surface area contributed by atoms with Crippen LogP contribution in [0.2, 0.25) is 0 Å². The molecule has 0 saturated carbocycles. The fourth-order valence-corrected chi connectivity index (χ4v) is 2.96. The zero-order valence-corrected chi connectivity index (χ0v) is 15.4. The molecule has 8 heteroatoms. The van der Waals surface area contributed by atoms with Crippen molar-refractivity contribution in [2.75, 3.05) is 38.6 Å². The highest BCUT2D eigenvalue weighted by Crippen LogP contribution is 2.14. The zero-order valence-electron chi connectivity index (χ0n) is 15.4. The summed E-state index contributed by atoms with van der Waals surface area (Å²) in [5.74, 6) is -1.20. The second-order valence-corrected chi connectivity index (χ2v) is 6.29. The monoisotopic (exact) mass is 385 g/mol. The van der Waals surface area contributed by atoms with Crippen LogP contribution in [0.25, 0.3) is 0 Å². The van der Waals surface area contributed by atoms with Crippen LogP contribution in [-0.2, 0) is 4.74 Å². The molecule has 1 aliphatic heterocycles. The van der Waals surface area contributed by atoms with E-state index in [4.69, 9.17) is 0 Å². The summed E-state index contributed by atoms with van der Waals surface area (Å²) in [6.07, 6.45) is 0. The highest BCUT2D eigenvalue weighted by atomic mass is 19.1. The molecular weight excluding hydrogens is 365 g/mol. The van der Waals surface area contributed by atoms with Crippen molar-refractivity contribution >= 4 is 23.6 Å². The minimum absolute atomic E-state index is 0.259. The van der Waals surface area contributed by atoms with Gasteiger partial charge in [-0.25, -0.2) is 14.0 Å².